The highest BCUT2D eigenvalue weighted by atomic mass is 16.3. The summed E-state index contributed by atoms with van der Waals surface area (Å²) in [7, 11) is 0. The molecule has 1 saturated carbocycles. The molecule has 1 fully saturated rings. The Morgan fingerprint density at radius 2 is 1.83 bits per heavy atom. The first kappa shape index (κ1) is 11.8. The fourth-order valence-electron chi connectivity index (χ4n) is 3.07. The van der Waals surface area contributed by atoms with Crippen LogP contribution in [0.15, 0.2) is 28.7 Å². The minimum atomic E-state index is 0.527. The van der Waals surface area contributed by atoms with Crippen molar-refractivity contribution in [3.63, 3.8) is 0 Å². The number of hydrogen-bond donors (Lipinski definition) is 0. The summed E-state index contributed by atoms with van der Waals surface area (Å²) in [5.74, 6) is 1.83. The highest BCUT2D eigenvalue weighted by molar-refractivity contribution is 5.78. The van der Waals surface area contributed by atoms with E-state index in [1.807, 2.05) is 0 Å². The third-order valence-electron chi connectivity index (χ3n) is 4.43. The van der Waals surface area contributed by atoms with Gasteiger partial charge in [-0.1, -0.05) is 25.5 Å². The molecule has 3 rings (SSSR count). The Bertz CT molecular complexity index is 552. The maximum absolute atomic E-state index is 6.03. The van der Waals surface area contributed by atoms with Crippen molar-refractivity contribution < 1.29 is 4.42 Å². The Morgan fingerprint density at radius 3 is 2.56 bits per heavy atom. The monoisotopic (exact) mass is 242 g/mol. The van der Waals surface area contributed by atoms with Crippen molar-refractivity contribution in [1.29, 1.82) is 0 Å². The molecule has 1 aliphatic carbocycles. The van der Waals surface area contributed by atoms with Gasteiger partial charge in [0, 0.05) is 11.3 Å². The molecule has 1 heterocycles. The lowest BCUT2D eigenvalue weighted by atomic mass is 9.72. The summed E-state index contributed by atoms with van der Waals surface area (Å²) < 4.78 is 6.03. The van der Waals surface area contributed by atoms with Crippen LogP contribution in [0.5, 0.6) is 0 Å². The highest BCUT2D eigenvalue weighted by Crippen LogP contribution is 2.43. The Hall–Kier alpha value is -1.24. The lowest BCUT2D eigenvalue weighted by molar-refractivity contribution is 0.213. The van der Waals surface area contributed by atoms with Gasteiger partial charge in [0.2, 0.25) is 0 Å². The SMILES string of the molecule is Cc1ccc2oc(C3CCC(C)(C)CC3)cc2c1. The Morgan fingerprint density at radius 1 is 1.11 bits per heavy atom. The van der Waals surface area contributed by atoms with E-state index in [0.717, 1.165) is 5.58 Å². The van der Waals surface area contributed by atoms with Gasteiger partial charge in [-0.25, -0.2) is 0 Å². The van der Waals surface area contributed by atoms with Crippen molar-refractivity contribution in [1.82, 2.24) is 0 Å². The van der Waals surface area contributed by atoms with Crippen LogP contribution in [0.25, 0.3) is 11.0 Å². The van der Waals surface area contributed by atoms with E-state index in [1.54, 1.807) is 0 Å². The van der Waals surface area contributed by atoms with Gasteiger partial charge in [-0.3, -0.25) is 0 Å². The molecule has 96 valence electrons. The maximum Gasteiger partial charge on any atom is 0.134 e. The largest absolute Gasteiger partial charge is 0.461 e. The summed E-state index contributed by atoms with van der Waals surface area (Å²) >= 11 is 0. The number of fused-ring (bicyclic) bond motifs is 1. The molecule has 0 atom stereocenters. The van der Waals surface area contributed by atoms with E-state index in [1.165, 1.54) is 42.4 Å². The van der Waals surface area contributed by atoms with Crippen LogP contribution >= 0.6 is 0 Å². The van der Waals surface area contributed by atoms with Gasteiger partial charge in [-0.2, -0.15) is 0 Å². The Labute approximate surface area is 109 Å². The molecular weight excluding hydrogens is 220 g/mol. The number of rotatable bonds is 1. The van der Waals surface area contributed by atoms with Gasteiger partial charge in [-0.05, 0) is 56.2 Å². The van der Waals surface area contributed by atoms with Crippen LogP contribution in [0.2, 0.25) is 0 Å². The number of hydrogen-bond acceptors (Lipinski definition) is 1. The molecule has 1 heteroatoms. The molecule has 18 heavy (non-hydrogen) atoms. The van der Waals surface area contributed by atoms with Crippen LogP contribution < -0.4 is 0 Å². The van der Waals surface area contributed by atoms with Crippen molar-refractivity contribution in [3.8, 4) is 0 Å². The minimum Gasteiger partial charge on any atom is -0.461 e. The number of benzene rings is 1. The quantitative estimate of drug-likeness (QED) is 0.650. The van der Waals surface area contributed by atoms with E-state index in [0.29, 0.717) is 11.3 Å². The normalized spacial score (nSPS) is 20.4. The second-order valence-electron chi connectivity index (χ2n) is 6.63. The molecule has 1 aromatic heterocycles. The van der Waals surface area contributed by atoms with E-state index in [2.05, 4.69) is 45.0 Å². The first-order valence-corrected chi connectivity index (χ1v) is 7.04. The van der Waals surface area contributed by atoms with Crippen LogP contribution in [0.4, 0.5) is 0 Å². The van der Waals surface area contributed by atoms with E-state index in [-0.39, 0.29) is 0 Å². The second-order valence-corrected chi connectivity index (χ2v) is 6.63. The average Bonchev–Trinajstić information content (AvgIpc) is 2.71. The van der Waals surface area contributed by atoms with Crippen molar-refractivity contribution in [2.75, 3.05) is 0 Å². The summed E-state index contributed by atoms with van der Waals surface area (Å²) in [6, 6.07) is 8.70. The van der Waals surface area contributed by atoms with Crippen molar-refractivity contribution in [3.05, 3.63) is 35.6 Å². The van der Waals surface area contributed by atoms with Crippen LogP contribution in [-0.2, 0) is 0 Å². The maximum atomic E-state index is 6.03. The zero-order valence-corrected chi connectivity index (χ0v) is 11.6. The van der Waals surface area contributed by atoms with E-state index in [4.69, 9.17) is 4.42 Å². The van der Waals surface area contributed by atoms with Gasteiger partial charge in [0.15, 0.2) is 0 Å². The predicted octanol–water partition coefficient (Wildman–Crippen LogP) is 5.43. The van der Waals surface area contributed by atoms with E-state index in [9.17, 15) is 0 Å². The zero-order valence-electron chi connectivity index (χ0n) is 11.6. The van der Waals surface area contributed by atoms with Crippen molar-refractivity contribution in [2.24, 2.45) is 5.41 Å². The molecule has 0 bridgehead atoms. The summed E-state index contributed by atoms with van der Waals surface area (Å²) in [6.07, 6.45) is 5.17. The van der Waals surface area contributed by atoms with Gasteiger partial charge < -0.3 is 4.42 Å². The smallest absolute Gasteiger partial charge is 0.134 e. The van der Waals surface area contributed by atoms with Gasteiger partial charge in [0.05, 0.1) is 0 Å². The molecule has 1 nitrogen and oxygen atoms in total. The summed E-state index contributed by atoms with van der Waals surface area (Å²) in [5.41, 5.74) is 2.87. The average molecular weight is 242 g/mol. The number of furan rings is 1. The van der Waals surface area contributed by atoms with Gasteiger partial charge in [-0.15, -0.1) is 0 Å². The third-order valence-corrected chi connectivity index (χ3v) is 4.43. The van der Waals surface area contributed by atoms with Crippen LogP contribution in [0.3, 0.4) is 0 Å². The van der Waals surface area contributed by atoms with Crippen LogP contribution in [0.1, 0.15) is 56.8 Å². The molecule has 0 saturated heterocycles. The van der Waals surface area contributed by atoms with Crippen molar-refractivity contribution in [2.45, 2.75) is 52.4 Å². The van der Waals surface area contributed by atoms with Crippen molar-refractivity contribution >= 4 is 11.0 Å². The summed E-state index contributed by atoms with van der Waals surface area (Å²) in [6.45, 7) is 6.89. The van der Waals surface area contributed by atoms with Gasteiger partial charge in [0.1, 0.15) is 11.3 Å². The Balaban J connectivity index is 1.87. The molecule has 0 spiro atoms. The molecule has 2 aromatic rings. The third kappa shape index (κ3) is 2.19. The molecular formula is C17H22O. The molecule has 0 aliphatic heterocycles. The minimum absolute atomic E-state index is 0.527. The summed E-state index contributed by atoms with van der Waals surface area (Å²) in [5, 5.41) is 1.26. The second kappa shape index (κ2) is 4.15. The zero-order chi connectivity index (χ0) is 12.8. The van der Waals surface area contributed by atoms with Crippen LogP contribution in [0, 0.1) is 12.3 Å². The van der Waals surface area contributed by atoms with E-state index >= 15 is 0 Å². The molecule has 1 aromatic carbocycles. The topological polar surface area (TPSA) is 13.1 Å². The first-order chi connectivity index (χ1) is 8.53. The summed E-state index contributed by atoms with van der Waals surface area (Å²) in [4.78, 5) is 0. The molecule has 0 radical (unpaired) electrons. The van der Waals surface area contributed by atoms with Gasteiger partial charge >= 0.3 is 0 Å². The lowest BCUT2D eigenvalue weighted by Gasteiger charge is -2.33. The molecule has 0 amide bonds. The number of aryl methyl sites for hydroxylation is 1. The van der Waals surface area contributed by atoms with Crippen LogP contribution in [-0.4, -0.2) is 0 Å². The van der Waals surface area contributed by atoms with Gasteiger partial charge in [0.25, 0.3) is 0 Å². The Kier molecular flexibility index (Phi) is 2.73. The van der Waals surface area contributed by atoms with E-state index < -0.39 is 0 Å². The molecule has 0 unspecified atom stereocenters. The fourth-order valence-corrected chi connectivity index (χ4v) is 3.07. The first-order valence-electron chi connectivity index (χ1n) is 7.04. The lowest BCUT2D eigenvalue weighted by Crippen LogP contribution is -2.19. The molecule has 0 N–H and O–H groups in total. The predicted molar refractivity (Wildman–Crippen MR) is 75.9 cm³/mol. The molecule has 1 aliphatic rings. The highest BCUT2D eigenvalue weighted by Gasteiger charge is 2.29. The fraction of sp³-hybridized carbons (Fsp3) is 0.529. The standard InChI is InChI=1S/C17H22O/c1-12-4-5-15-14(10-12)11-16(18-15)13-6-8-17(2,3)9-7-13/h4-5,10-11,13H,6-9H2,1-3H3.